The largest absolute Gasteiger partial charge is 0.504 e. The van der Waals surface area contributed by atoms with Crippen molar-refractivity contribution in [2.24, 2.45) is 0 Å². The Balaban J connectivity index is 1.86. The van der Waals surface area contributed by atoms with Crippen LogP contribution in [0.15, 0.2) is 12.1 Å². The van der Waals surface area contributed by atoms with E-state index in [0.717, 1.165) is 30.5 Å². The summed E-state index contributed by atoms with van der Waals surface area (Å²) >= 11 is 0. The van der Waals surface area contributed by atoms with Crippen molar-refractivity contribution in [1.82, 2.24) is 4.90 Å². The first-order valence-electron chi connectivity index (χ1n) is 8.12. The summed E-state index contributed by atoms with van der Waals surface area (Å²) < 4.78 is 6.04. The topological polar surface area (TPSA) is 73.2 Å². The lowest BCUT2D eigenvalue weighted by Crippen LogP contribution is -2.76. The number of benzene rings is 1. The van der Waals surface area contributed by atoms with Crippen LogP contribution in [0.1, 0.15) is 30.4 Å². The fourth-order valence-corrected chi connectivity index (χ4v) is 5.73. The minimum absolute atomic E-state index is 0.0443. The first-order valence-corrected chi connectivity index (χ1v) is 8.12. The Morgan fingerprint density at radius 1 is 1.32 bits per heavy atom. The number of likely N-dealkylation sites (tertiary alicyclic amines) is 1. The molecule has 4 aliphatic rings. The molecule has 1 spiro atoms. The first kappa shape index (κ1) is 13.2. The van der Waals surface area contributed by atoms with Crippen LogP contribution < -0.4 is 4.74 Å². The van der Waals surface area contributed by atoms with Crippen LogP contribution in [0.5, 0.6) is 11.5 Å². The predicted octanol–water partition coefficient (Wildman–Crippen LogP) is 0.537. The normalized spacial score (nSPS) is 45.3. The third-order valence-electron chi connectivity index (χ3n) is 6.70. The molecule has 1 saturated heterocycles. The molecule has 2 bridgehead atoms. The van der Waals surface area contributed by atoms with Gasteiger partial charge in [-0.1, -0.05) is 6.07 Å². The van der Waals surface area contributed by atoms with E-state index in [2.05, 4.69) is 11.9 Å². The molecule has 0 amide bonds. The minimum atomic E-state index is -0.893. The molecule has 2 aliphatic heterocycles. The van der Waals surface area contributed by atoms with E-state index in [-0.39, 0.29) is 11.8 Å². The van der Waals surface area contributed by atoms with Crippen LogP contribution in [-0.4, -0.2) is 57.7 Å². The van der Waals surface area contributed by atoms with Crippen LogP contribution >= 0.6 is 0 Å². The number of aliphatic hydroxyl groups is 2. The molecule has 22 heavy (non-hydrogen) atoms. The third kappa shape index (κ3) is 1.17. The van der Waals surface area contributed by atoms with E-state index < -0.39 is 23.2 Å². The Bertz CT molecular complexity index is 677. The number of hydrogen-bond donors (Lipinski definition) is 3. The Morgan fingerprint density at radius 3 is 2.95 bits per heavy atom. The van der Waals surface area contributed by atoms with Gasteiger partial charge in [-0.15, -0.1) is 0 Å². The summed E-state index contributed by atoms with van der Waals surface area (Å²) in [7, 11) is 2.07. The van der Waals surface area contributed by atoms with Gasteiger partial charge in [0.15, 0.2) is 11.5 Å². The second-order valence-corrected chi connectivity index (χ2v) is 7.44. The number of rotatable bonds is 0. The summed E-state index contributed by atoms with van der Waals surface area (Å²) in [6.07, 6.45) is 1.59. The number of aromatic hydroxyl groups is 1. The monoisotopic (exact) mass is 303 g/mol. The summed E-state index contributed by atoms with van der Waals surface area (Å²) in [5.74, 6) is 0.610. The van der Waals surface area contributed by atoms with E-state index >= 15 is 0 Å². The van der Waals surface area contributed by atoms with E-state index in [0.29, 0.717) is 18.6 Å². The Kier molecular flexibility index (Phi) is 2.26. The van der Waals surface area contributed by atoms with Crippen LogP contribution in [0, 0.1) is 0 Å². The van der Waals surface area contributed by atoms with Gasteiger partial charge in [0, 0.05) is 11.6 Å². The van der Waals surface area contributed by atoms with Crippen molar-refractivity contribution in [3.8, 4) is 11.5 Å². The average Bonchev–Trinajstić information content (AvgIpc) is 2.85. The summed E-state index contributed by atoms with van der Waals surface area (Å²) in [4.78, 5) is 2.24. The van der Waals surface area contributed by atoms with Gasteiger partial charge in [-0.05, 0) is 50.9 Å². The second-order valence-electron chi connectivity index (χ2n) is 7.44. The summed E-state index contributed by atoms with van der Waals surface area (Å²) in [6.45, 7) is 0.869. The maximum absolute atomic E-state index is 11.7. The van der Waals surface area contributed by atoms with Gasteiger partial charge in [-0.3, -0.25) is 0 Å². The number of likely N-dealkylation sites (N-methyl/N-ethyl adjacent to an activating group) is 1. The van der Waals surface area contributed by atoms with Gasteiger partial charge in [-0.2, -0.15) is 0 Å². The van der Waals surface area contributed by atoms with Crippen molar-refractivity contribution in [3.63, 3.8) is 0 Å². The molecule has 1 saturated carbocycles. The maximum Gasteiger partial charge on any atom is 0.165 e. The van der Waals surface area contributed by atoms with E-state index in [1.54, 1.807) is 6.07 Å². The van der Waals surface area contributed by atoms with Gasteiger partial charge in [-0.25, -0.2) is 0 Å². The Labute approximate surface area is 129 Å². The quantitative estimate of drug-likeness (QED) is 0.652. The summed E-state index contributed by atoms with van der Waals surface area (Å²) in [5, 5.41) is 32.4. The fourth-order valence-electron chi connectivity index (χ4n) is 5.73. The zero-order valence-electron chi connectivity index (χ0n) is 12.6. The van der Waals surface area contributed by atoms with Crippen molar-refractivity contribution in [1.29, 1.82) is 0 Å². The van der Waals surface area contributed by atoms with Crippen molar-refractivity contribution in [2.75, 3.05) is 13.6 Å². The zero-order chi connectivity index (χ0) is 15.3. The molecular weight excluding hydrogens is 282 g/mol. The molecule has 1 aromatic rings. The van der Waals surface area contributed by atoms with Gasteiger partial charge in [0.1, 0.15) is 6.10 Å². The highest BCUT2D eigenvalue weighted by Gasteiger charge is 2.72. The Hall–Kier alpha value is -1.30. The van der Waals surface area contributed by atoms with Gasteiger partial charge >= 0.3 is 0 Å². The minimum Gasteiger partial charge on any atom is -0.504 e. The van der Waals surface area contributed by atoms with Crippen molar-refractivity contribution in [3.05, 3.63) is 23.3 Å². The number of aliphatic hydroxyl groups excluding tert-OH is 1. The summed E-state index contributed by atoms with van der Waals surface area (Å²) in [6, 6.07) is 3.67. The molecule has 5 nitrogen and oxygen atoms in total. The lowest BCUT2D eigenvalue weighted by molar-refractivity contribution is -0.204. The maximum atomic E-state index is 11.7. The number of phenols is 1. The molecule has 3 N–H and O–H groups in total. The van der Waals surface area contributed by atoms with Gasteiger partial charge in [0.2, 0.25) is 0 Å². The van der Waals surface area contributed by atoms with Crippen molar-refractivity contribution >= 4 is 0 Å². The van der Waals surface area contributed by atoms with E-state index in [9.17, 15) is 15.3 Å². The average molecular weight is 303 g/mol. The van der Waals surface area contributed by atoms with Gasteiger partial charge in [0.25, 0.3) is 0 Å². The third-order valence-corrected chi connectivity index (χ3v) is 6.70. The molecule has 1 aromatic carbocycles. The Morgan fingerprint density at radius 2 is 2.14 bits per heavy atom. The number of hydrogen-bond acceptors (Lipinski definition) is 5. The second kappa shape index (κ2) is 3.78. The molecular formula is C17H21NO4. The SMILES string of the molecule is CN1CC[C@]23c4c5ccc(O)c4O[C@@H]2C(O)CC[C@@]3(O)[C@@H]1C5. The standard InChI is InChI=1S/C17H21NO4/c1-18-7-6-16-13-9-2-3-10(19)14(13)22-15(16)11(20)4-5-17(16,21)12(18)8-9/h2-3,11-12,15,19-21H,4-8H2,1H3/t11?,12-,15+,16-,17+/m0/s1. The zero-order valence-corrected chi connectivity index (χ0v) is 12.6. The van der Waals surface area contributed by atoms with Crippen molar-refractivity contribution in [2.45, 2.75) is 54.9 Å². The lowest BCUT2D eigenvalue weighted by atomic mass is 9.49. The molecule has 2 fully saturated rings. The van der Waals surface area contributed by atoms with Gasteiger partial charge in [0.05, 0.1) is 17.1 Å². The lowest BCUT2D eigenvalue weighted by Gasteiger charge is -2.63. The molecule has 2 aliphatic carbocycles. The molecule has 0 radical (unpaired) electrons. The molecule has 5 heteroatoms. The molecule has 2 heterocycles. The van der Waals surface area contributed by atoms with Crippen LogP contribution in [-0.2, 0) is 11.8 Å². The van der Waals surface area contributed by atoms with Crippen LogP contribution in [0.4, 0.5) is 0 Å². The van der Waals surface area contributed by atoms with E-state index in [1.165, 1.54) is 0 Å². The van der Waals surface area contributed by atoms with Crippen LogP contribution in [0.2, 0.25) is 0 Å². The molecule has 118 valence electrons. The highest BCUT2D eigenvalue weighted by molar-refractivity contribution is 5.62. The number of nitrogens with zero attached hydrogens (tertiary/aromatic N) is 1. The van der Waals surface area contributed by atoms with Crippen LogP contribution in [0.25, 0.3) is 0 Å². The highest BCUT2D eigenvalue weighted by Crippen LogP contribution is 2.65. The predicted molar refractivity (Wildman–Crippen MR) is 79.1 cm³/mol. The smallest absolute Gasteiger partial charge is 0.165 e. The molecule has 5 atom stereocenters. The summed E-state index contributed by atoms with van der Waals surface area (Å²) in [5.41, 5.74) is 0.633. The highest BCUT2D eigenvalue weighted by atomic mass is 16.5. The van der Waals surface area contributed by atoms with E-state index in [4.69, 9.17) is 4.74 Å². The molecule has 1 unspecified atom stereocenters. The molecule has 5 rings (SSSR count). The van der Waals surface area contributed by atoms with Crippen LogP contribution in [0.3, 0.4) is 0 Å². The number of piperidine rings is 1. The number of phenolic OH excluding ortho intramolecular Hbond substituents is 1. The number of ether oxygens (including phenoxy) is 1. The first-order chi connectivity index (χ1) is 10.5. The molecule has 0 aromatic heterocycles. The van der Waals surface area contributed by atoms with Gasteiger partial charge < -0.3 is 25.0 Å². The fraction of sp³-hybridized carbons (Fsp3) is 0.647. The van der Waals surface area contributed by atoms with E-state index in [1.807, 2.05) is 6.07 Å². The van der Waals surface area contributed by atoms with Crippen molar-refractivity contribution < 1.29 is 20.1 Å².